The molecule has 3 nitrogen and oxygen atoms in total. The maximum atomic E-state index is 10.7. The minimum absolute atomic E-state index is 0.444. The van der Waals surface area contributed by atoms with E-state index in [0.717, 1.165) is 0 Å². The predicted octanol–water partition coefficient (Wildman–Crippen LogP) is 0.122. The van der Waals surface area contributed by atoms with Crippen molar-refractivity contribution in [2.75, 3.05) is 7.11 Å². The highest BCUT2D eigenvalue weighted by atomic mass is 16.5. The zero-order valence-corrected chi connectivity index (χ0v) is 4.64. The minimum Gasteiger partial charge on any atom is -0.467 e. The molecule has 0 amide bonds. The molecule has 1 aliphatic carbocycles. The highest BCUT2D eigenvalue weighted by molar-refractivity contribution is 5.82. The molecule has 0 aliphatic heterocycles. The fourth-order valence-corrected chi connectivity index (χ4v) is 0.504. The van der Waals surface area contributed by atoms with Crippen molar-refractivity contribution in [2.45, 2.75) is 18.4 Å². The van der Waals surface area contributed by atoms with Crippen LogP contribution >= 0.6 is 0 Å². The molecule has 0 bridgehead atoms. The molecule has 1 radical (unpaired) electrons. The van der Waals surface area contributed by atoms with E-state index in [0.29, 0.717) is 12.8 Å². The topological polar surface area (TPSA) is 46.2 Å². The molecular weight excluding hydrogens is 108 g/mol. The van der Waals surface area contributed by atoms with Gasteiger partial charge in [0.2, 0.25) is 5.60 Å². The third-order valence-corrected chi connectivity index (χ3v) is 1.26. The Balaban J connectivity index is 2.46. The van der Waals surface area contributed by atoms with Crippen molar-refractivity contribution in [1.82, 2.24) is 0 Å². The number of methoxy groups -OCH3 is 1. The summed E-state index contributed by atoms with van der Waals surface area (Å²) >= 11 is 0. The van der Waals surface area contributed by atoms with Crippen LogP contribution in [-0.4, -0.2) is 18.7 Å². The molecule has 8 heavy (non-hydrogen) atoms. The molecule has 45 valence electrons. The zero-order chi connectivity index (χ0) is 6.20. The molecular formula is C5H7O3. The highest BCUT2D eigenvalue weighted by Gasteiger charge is 2.51. The van der Waals surface area contributed by atoms with Gasteiger partial charge in [-0.25, -0.2) is 9.90 Å². The molecule has 0 heterocycles. The van der Waals surface area contributed by atoms with Gasteiger partial charge in [0.15, 0.2) is 0 Å². The summed E-state index contributed by atoms with van der Waals surface area (Å²) in [5.74, 6) is -0.613. The lowest BCUT2D eigenvalue weighted by Gasteiger charge is -1.98. The summed E-state index contributed by atoms with van der Waals surface area (Å²) < 4.78 is 4.23. The van der Waals surface area contributed by atoms with Gasteiger partial charge in [0, 0.05) is 0 Å². The van der Waals surface area contributed by atoms with E-state index in [9.17, 15) is 9.90 Å². The lowest BCUT2D eigenvalue weighted by molar-refractivity contribution is -0.157. The van der Waals surface area contributed by atoms with Crippen LogP contribution in [0, 0.1) is 0 Å². The van der Waals surface area contributed by atoms with Gasteiger partial charge in [-0.05, 0) is 12.8 Å². The van der Waals surface area contributed by atoms with Crippen LogP contribution in [0.1, 0.15) is 12.8 Å². The SMILES string of the molecule is COC(=O)C1([O])CC1. The number of rotatable bonds is 1. The number of ether oxygens (including phenoxy) is 1. The standard InChI is InChI=1S/C5H7O3/c1-8-4(6)5(7)2-3-5/h2-3H2,1H3. The van der Waals surface area contributed by atoms with E-state index in [1.807, 2.05) is 0 Å². The second-order valence-electron chi connectivity index (χ2n) is 1.99. The maximum absolute atomic E-state index is 10.7. The second-order valence-corrected chi connectivity index (χ2v) is 1.99. The molecule has 0 atom stereocenters. The normalized spacial score (nSPS) is 22.2. The summed E-state index contributed by atoms with van der Waals surface area (Å²) in [4.78, 5) is 10.4. The van der Waals surface area contributed by atoms with Crippen LogP contribution in [0.3, 0.4) is 0 Å². The van der Waals surface area contributed by atoms with Gasteiger partial charge in [-0.3, -0.25) is 0 Å². The lowest BCUT2D eigenvalue weighted by Crippen LogP contribution is -2.21. The summed E-state index contributed by atoms with van der Waals surface area (Å²) in [5.41, 5.74) is -1.35. The van der Waals surface area contributed by atoms with Crippen LogP contribution in [0.2, 0.25) is 0 Å². The average Bonchev–Trinajstić information content (AvgIpc) is 2.47. The van der Waals surface area contributed by atoms with E-state index in [-0.39, 0.29) is 0 Å². The lowest BCUT2D eigenvalue weighted by atomic mass is 10.4. The molecule has 3 heteroatoms. The Hall–Kier alpha value is -0.570. The highest BCUT2D eigenvalue weighted by Crippen LogP contribution is 2.36. The van der Waals surface area contributed by atoms with Gasteiger partial charge >= 0.3 is 5.97 Å². The fourth-order valence-electron chi connectivity index (χ4n) is 0.504. The van der Waals surface area contributed by atoms with E-state index in [1.165, 1.54) is 7.11 Å². The summed E-state index contributed by atoms with van der Waals surface area (Å²) in [7, 11) is 1.24. The molecule has 1 aliphatic rings. The molecule has 0 aromatic rings. The Labute approximate surface area is 47.3 Å². The zero-order valence-electron chi connectivity index (χ0n) is 4.64. The second kappa shape index (κ2) is 1.45. The number of carbonyl (C=O) groups is 1. The number of hydrogen-bond acceptors (Lipinski definition) is 2. The first kappa shape index (κ1) is 5.56. The van der Waals surface area contributed by atoms with Crippen LogP contribution in [0.15, 0.2) is 0 Å². The largest absolute Gasteiger partial charge is 0.467 e. The van der Waals surface area contributed by atoms with E-state index in [1.54, 1.807) is 0 Å². The van der Waals surface area contributed by atoms with Gasteiger partial charge < -0.3 is 4.74 Å². The van der Waals surface area contributed by atoms with Crippen LogP contribution in [0.5, 0.6) is 0 Å². The van der Waals surface area contributed by atoms with Crippen LogP contribution < -0.4 is 0 Å². The van der Waals surface area contributed by atoms with Crippen molar-refractivity contribution < 1.29 is 14.6 Å². The summed E-state index contributed by atoms with van der Waals surface area (Å²) in [6.07, 6.45) is 0.888. The van der Waals surface area contributed by atoms with Crippen molar-refractivity contribution in [1.29, 1.82) is 0 Å². The molecule has 1 rings (SSSR count). The summed E-state index contributed by atoms with van der Waals surface area (Å²) in [6.45, 7) is 0. The maximum Gasteiger partial charge on any atom is 0.341 e. The molecule has 1 saturated carbocycles. The van der Waals surface area contributed by atoms with Crippen LogP contribution in [-0.2, 0) is 14.6 Å². The minimum atomic E-state index is -1.35. The van der Waals surface area contributed by atoms with Crippen molar-refractivity contribution in [3.8, 4) is 0 Å². The van der Waals surface area contributed by atoms with Gasteiger partial charge in [-0.1, -0.05) is 0 Å². The molecule has 0 aromatic heterocycles. The monoisotopic (exact) mass is 115 g/mol. The predicted molar refractivity (Wildman–Crippen MR) is 24.7 cm³/mol. The summed E-state index contributed by atoms with van der Waals surface area (Å²) in [5, 5.41) is 10.7. The first-order valence-corrected chi connectivity index (χ1v) is 2.48. The van der Waals surface area contributed by atoms with Crippen molar-refractivity contribution in [2.24, 2.45) is 0 Å². The smallest absolute Gasteiger partial charge is 0.341 e. The molecule has 0 aromatic carbocycles. The number of hydrogen-bond donors (Lipinski definition) is 0. The number of carbonyl (C=O) groups excluding carboxylic acids is 1. The first-order valence-electron chi connectivity index (χ1n) is 2.48. The van der Waals surface area contributed by atoms with Gasteiger partial charge in [0.1, 0.15) is 0 Å². The van der Waals surface area contributed by atoms with Gasteiger partial charge in [0.05, 0.1) is 7.11 Å². The third kappa shape index (κ3) is 0.690. The molecule has 0 N–H and O–H groups in total. The average molecular weight is 115 g/mol. The molecule has 0 unspecified atom stereocenters. The van der Waals surface area contributed by atoms with Crippen molar-refractivity contribution >= 4 is 5.97 Å². The Kier molecular flexibility index (Phi) is 1.01. The Bertz CT molecular complexity index is 115. The van der Waals surface area contributed by atoms with E-state index < -0.39 is 11.6 Å². The van der Waals surface area contributed by atoms with E-state index in [4.69, 9.17) is 0 Å². The molecule has 1 fully saturated rings. The fraction of sp³-hybridized carbons (Fsp3) is 0.800. The Morgan fingerprint density at radius 2 is 2.12 bits per heavy atom. The van der Waals surface area contributed by atoms with Gasteiger partial charge in [-0.2, -0.15) is 0 Å². The van der Waals surface area contributed by atoms with Crippen LogP contribution in [0.25, 0.3) is 0 Å². The van der Waals surface area contributed by atoms with E-state index >= 15 is 0 Å². The van der Waals surface area contributed by atoms with Crippen LogP contribution in [0.4, 0.5) is 0 Å². The van der Waals surface area contributed by atoms with Gasteiger partial charge in [0.25, 0.3) is 0 Å². The molecule has 0 spiro atoms. The van der Waals surface area contributed by atoms with Crippen molar-refractivity contribution in [3.63, 3.8) is 0 Å². The Morgan fingerprint density at radius 3 is 2.25 bits per heavy atom. The quantitative estimate of drug-likeness (QED) is 0.456. The summed E-state index contributed by atoms with van der Waals surface area (Å²) in [6, 6.07) is 0. The van der Waals surface area contributed by atoms with Gasteiger partial charge in [-0.15, -0.1) is 0 Å². The first-order chi connectivity index (χ1) is 3.69. The van der Waals surface area contributed by atoms with E-state index in [2.05, 4.69) is 4.74 Å². The molecule has 0 saturated heterocycles. The van der Waals surface area contributed by atoms with Crippen molar-refractivity contribution in [3.05, 3.63) is 0 Å². The number of esters is 1. The Morgan fingerprint density at radius 1 is 1.62 bits per heavy atom. The third-order valence-electron chi connectivity index (χ3n) is 1.26.